The van der Waals surface area contributed by atoms with Gasteiger partial charge in [0, 0.05) is 18.5 Å². The highest BCUT2D eigenvalue weighted by atomic mass is 16.5. The molecular formula is C12H12N6O3. The van der Waals surface area contributed by atoms with Crippen LogP contribution in [-0.4, -0.2) is 25.2 Å². The minimum absolute atomic E-state index is 0.0572. The summed E-state index contributed by atoms with van der Waals surface area (Å²) in [6.07, 6.45) is 3.26. The normalized spacial score (nSPS) is 11.0. The quantitative estimate of drug-likeness (QED) is 0.379. The average molecular weight is 288 g/mol. The highest BCUT2D eigenvalue weighted by Crippen LogP contribution is 2.06. The molecule has 3 rings (SSSR count). The highest BCUT2D eigenvalue weighted by Gasteiger charge is 2.13. The van der Waals surface area contributed by atoms with E-state index < -0.39 is 5.91 Å². The number of aryl methyl sites for hydroxylation is 1. The number of fused-ring (bicyclic) bond motifs is 1. The molecule has 0 aromatic carbocycles. The van der Waals surface area contributed by atoms with E-state index in [4.69, 9.17) is 10.4 Å². The van der Waals surface area contributed by atoms with E-state index in [0.717, 1.165) is 5.69 Å². The van der Waals surface area contributed by atoms with E-state index in [1.165, 1.54) is 15.1 Å². The second-order valence-electron chi connectivity index (χ2n) is 4.50. The molecule has 0 aliphatic carbocycles. The Hall–Kier alpha value is -2.94. The third-order valence-corrected chi connectivity index (χ3v) is 2.97. The van der Waals surface area contributed by atoms with Crippen molar-refractivity contribution in [2.24, 2.45) is 5.84 Å². The maximum Gasteiger partial charge on any atom is 0.287 e. The van der Waals surface area contributed by atoms with Crippen molar-refractivity contribution >= 4 is 11.4 Å². The molecule has 9 heteroatoms. The van der Waals surface area contributed by atoms with Gasteiger partial charge in [0.1, 0.15) is 5.52 Å². The summed E-state index contributed by atoms with van der Waals surface area (Å²) in [6, 6.07) is 3.13. The molecule has 108 valence electrons. The first-order chi connectivity index (χ1) is 10.1. The van der Waals surface area contributed by atoms with E-state index in [-0.39, 0.29) is 17.8 Å². The minimum atomic E-state index is -0.556. The van der Waals surface area contributed by atoms with Crippen LogP contribution >= 0.6 is 0 Å². The Morgan fingerprint density at radius 2 is 2.24 bits per heavy atom. The molecule has 0 bridgehead atoms. The van der Waals surface area contributed by atoms with Gasteiger partial charge in [-0.1, -0.05) is 5.16 Å². The lowest BCUT2D eigenvalue weighted by atomic mass is 10.3. The summed E-state index contributed by atoms with van der Waals surface area (Å²) < 4.78 is 7.98. The Labute approximate surface area is 117 Å². The van der Waals surface area contributed by atoms with E-state index in [1.54, 1.807) is 18.5 Å². The molecule has 1 amide bonds. The number of nitrogens with zero attached hydrogens (tertiary/aromatic N) is 4. The summed E-state index contributed by atoms with van der Waals surface area (Å²) in [5.74, 6) is 4.82. The number of hydrogen-bond acceptors (Lipinski definition) is 6. The molecule has 3 aromatic rings. The first-order valence-corrected chi connectivity index (χ1v) is 6.10. The summed E-state index contributed by atoms with van der Waals surface area (Å²) in [6.45, 7) is 1.97. The van der Waals surface area contributed by atoms with Gasteiger partial charge in [0.15, 0.2) is 11.5 Å². The van der Waals surface area contributed by atoms with Crippen molar-refractivity contribution in [2.45, 2.75) is 13.5 Å². The molecule has 9 nitrogen and oxygen atoms in total. The summed E-state index contributed by atoms with van der Waals surface area (Å²) in [5, 5.41) is 7.74. The van der Waals surface area contributed by atoms with Crippen LogP contribution in [0.2, 0.25) is 0 Å². The standard InChI is InChI=1S/C12H12N6O3/c1-7-4-10-12(20)17(2-3-18(10)15-7)6-8-5-9(16-21-8)11(19)14-13/h2-5H,6,13H2,1H3,(H,14,19). The van der Waals surface area contributed by atoms with Crippen LogP contribution in [0.4, 0.5) is 0 Å². The minimum Gasteiger partial charge on any atom is -0.359 e. The van der Waals surface area contributed by atoms with E-state index in [1.807, 2.05) is 12.3 Å². The second kappa shape index (κ2) is 4.87. The number of carbonyl (C=O) groups is 1. The Balaban J connectivity index is 1.94. The Morgan fingerprint density at radius 3 is 3.00 bits per heavy atom. The fourth-order valence-electron chi connectivity index (χ4n) is 2.01. The van der Waals surface area contributed by atoms with Gasteiger partial charge in [-0.15, -0.1) is 0 Å². The van der Waals surface area contributed by atoms with Crippen LogP contribution in [0, 0.1) is 6.92 Å². The number of hydrazine groups is 1. The van der Waals surface area contributed by atoms with E-state index in [2.05, 4.69) is 10.3 Å². The number of carbonyl (C=O) groups excluding carboxylic acids is 1. The number of nitrogens with two attached hydrogens (primary N) is 1. The molecule has 21 heavy (non-hydrogen) atoms. The molecule has 3 N–H and O–H groups in total. The van der Waals surface area contributed by atoms with E-state index in [0.29, 0.717) is 11.3 Å². The Bertz CT molecular complexity index is 875. The van der Waals surface area contributed by atoms with Crippen molar-refractivity contribution in [1.29, 1.82) is 0 Å². The van der Waals surface area contributed by atoms with Crippen LogP contribution in [0.5, 0.6) is 0 Å². The number of nitrogens with one attached hydrogen (secondary N) is 1. The third-order valence-electron chi connectivity index (χ3n) is 2.97. The van der Waals surface area contributed by atoms with Gasteiger partial charge in [-0.25, -0.2) is 10.4 Å². The largest absolute Gasteiger partial charge is 0.359 e. The van der Waals surface area contributed by atoms with Crippen LogP contribution in [0.1, 0.15) is 21.9 Å². The van der Waals surface area contributed by atoms with Gasteiger partial charge in [0.05, 0.1) is 12.2 Å². The molecule has 0 radical (unpaired) electrons. The van der Waals surface area contributed by atoms with Gasteiger partial charge in [-0.3, -0.25) is 15.0 Å². The molecule has 0 atom stereocenters. The smallest absolute Gasteiger partial charge is 0.287 e. The van der Waals surface area contributed by atoms with Gasteiger partial charge < -0.3 is 9.09 Å². The SMILES string of the molecule is Cc1cc2c(=O)n(Cc3cc(C(=O)NN)no3)ccn2n1. The summed E-state index contributed by atoms with van der Waals surface area (Å²) in [4.78, 5) is 23.6. The van der Waals surface area contributed by atoms with Crippen molar-refractivity contribution in [1.82, 2.24) is 24.8 Å². The molecule has 3 aromatic heterocycles. The molecule has 3 heterocycles. The molecule has 0 unspecified atom stereocenters. The summed E-state index contributed by atoms with van der Waals surface area (Å²) in [5.41, 5.74) is 3.03. The number of rotatable bonds is 3. The van der Waals surface area contributed by atoms with E-state index in [9.17, 15) is 9.59 Å². The van der Waals surface area contributed by atoms with Gasteiger partial charge in [0.25, 0.3) is 11.5 Å². The zero-order valence-corrected chi connectivity index (χ0v) is 11.1. The lowest BCUT2D eigenvalue weighted by Gasteiger charge is -2.02. The van der Waals surface area contributed by atoms with Gasteiger partial charge in [-0.05, 0) is 13.0 Å². The second-order valence-corrected chi connectivity index (χ2v) is 4.50. The van der Waals surface area contributed by atoms with Crippen LogP contribution in [0.3, 0.4) is 0 Å². The Kier molecular flexibility index (Phi) is 3.03. The molecule has 0 spiro atoms. The lowest BCUT2D eigenvalue weighted by molar-refractivity contribution is 0.0944. The fourth-order valence-corrected chi connectivity index (χ4v) is 2.01. The van der Waals surface area contributed by atoms with Crippen LogP contribution in [0.15, 0.2) is 33.8 Å². The summed E-state index contributed by atoms with van der Waals surface area (Å²) in [7, 11) is 0. The van der Waals surface area contributed by atoms with E-state index >= 15 is 0 Å². The van der Waals surface area contributed by atoms with Crippen LogP contribution in [-0.2, 0) is 6.54 Å². The first-order valence-electron chi connectivity index (χ1n) is 6.10. The predicted molar refractivity (Wildman–Crippen MR) is 71.4 cm³/mol. The van der Waals surface area contributed by atoms with Crippen LogP contribution < -0.4 is 16.8 Å². The first kappa shape index (κ1) is 13.1. The average Bonchev–Trinajstić information content (AvgIpc) is 3.07. The fraction of sp³-hybridized carbons (Fsp3) is 0.167. The molecule has 0 saturated carbocycles. The third kappa shape index (κ3) is 2.30. The number of nitrogen functional groups attached to an aromatic ring is 1. The number of aromatic nitrogens is 4. The number of hydrogen-bond donors (Lipinski definition) is 2. The molecule has 0 fully saturated rings. The zero-order chi connectivity index (χ0) is 15.0. The maximum atomic E-state index is 12.3. The van der Waals surface area contributed by atoms with Gasteiger partial charge in [-0.2, -0.15) is 5.10 Å². The highest BCUT2D eigenvalue weighted by molar-refractivity contribution is 5.91. The van der Waals surface area contributed by atoms with Crippen molar-refractivity contribution < 1.29 is 9.32 Å². The zero-order valence-electron chi connectivity index (χ0n) is 11.1. The molecule has 0 saturated heterocycles. The van der Waals surface area contributed by atoms with Crippen molar-refractivity contribution in [3.8, 4) is 0 Å². The van der Waals surface area contributed by atoms with Crippen molar-refractivity contribution in [3.63, 3.8) is 0 Å². The van der Waals surface area contributed by atoms with Gasteiger partial charge in [0.2, 0.25) is 0 Å². The molecular weight excluding hydrogens is 276 g/mol. The van der Waals surface area contributed by atoms with Crippen molar-refractivity contribution in [3.05, 3.63) is 52.0 Å². The van der Waals surface area contributed by atoms with Crippen molar-refractivity contribution in [2.75, 3.05) is 0 Å². The van der Waals surface area contributed by atoms with Gasteiger partial charge >= 0.3 is 0 Å². The topological polar surface area (TPSA) is 120 Å². The number of amides is 1. The monoisotopic (exact) mass is 288 g/mol. The molecule has 0 aliphatic rings. The Morgan fingerprint density at radius 1 is 1.43 bits per heavy atom. The lowest BCUT2D eigenvalue weighted by Crippen LogP contribution is -2.30. The maximum absolute atomic E-state index is 12.3. The predicted octanol–water partition coefficient (Wildman–Crippen LogP) is -0.556. The molecule has 0 aliphatic heterocycles. The van der Waals surface area contributed by atoms with Crippen LogP contribution in [0.25, 0.3) is 5.52 Å². The summed E-state index contributed by atoms with van der Waals surface area (Å²) >= 11 is 0.